The van der Waals surface area contributed by atoms with E-state index in [9.17, 15) is 9.59 Å². The Balaban J connectivity index is 1.44. The lowest BCUT2D eigenvalue weighted by atomic mass is 10.0. The van der Waals surface area contributed by atoms with Crippen LogP contribution in [0.1, 0.15) is 102 Å². The highest BCUT2D eigenvalue weighted by Crippen LogP contribution is 2.22. The van der Waals surface area contributed by atoms with Crippen LogP contribution >= 0.6 is 0 Å². The van der Waals surface area contributed by atoms with E-state index < -0.39 is 0 Å². The SMILES string of the molecule is CCCCCCCCCCCCCCCCNC(=O)COc1ccc2c(C)cc(=O)oc2c1. The molecule has 0 atom stereocenters. The number of aryl methyl sites for hydroxylation is 1. The Kier molecular flexibility index (Phi) is 13.3. The van der Waals surface area contributed by atoms with Gasteiger partial charge >= 0.3 is 5.63 Å². The van der Waals surface area contributed by atoms with Crippen LogP contribution in [0.5, 0.6) is 5.75 Å². The standard InChI is InChI=1S/C28H43NO4/c1-3-4-5-6-7-8-9-10-11-12-13-14-15-16-19-29-27(30)22-32-24-17-18-25-23(2)20-28(31)33-26(25)21-24/h17-18,20-21H,3-16,19,22H2,1-2H3,(H,29,30). The van der Waals surface area contributed by atoms with E-state index in [0.29, 0.717) is 17.9 Å². The number of nitrogens with one attached hydrogen (secondary N) is 1. The van der Waals surface area contributed by atoms with E-state index in [1.165, 1.54) is 83.1 Å². The molecule has 184 valence electrons. The third-order valence-corrected chi connectivity index (χ3v) is 6.15. The first-order valence-corrected chi connectivity index (χ1v) is 13.0. The van der Waals surface area contributed by atoms with E-state index in [1.807, 2.05) is 13.0 Å². The highest BCUT2D eigenvalue weighted by molar-refractivity contribution is 5.81. The monoisotopic (exact) mass is 457 g/mol. The zero-order valence-electron chi connectivity index (χ0n) is 20.8. The van der Waals surface area contributed by atoms with Crippen LogP contribution in [0.25, 0.3) is 11.0 Å². The van der Waals surface area contributed by atoms with Gasteiger partial charge in [0.05, 0.1) is 0 Å². The Hall–Kier alpha value is -2.30. The molecule has 2 rings (SSSR count). The molecule has 0 saturated carbocycles. The first-order valence-electron chi connectivity index (χ1n) is 13.0. The molecule has 0 bridgehead atoms. The van der Waals surface area contributed by atoms with Gasteiger partial charge in [-0.05, 0) is 31.0 Å². The second-order valence-electron chi connectivity index (χ2n) is 9.14. The predicted octanol–water partition coefficient (Wildman–Crippen LogP) is 7.08. The molecule has 1 N–H and O–H groups in total. The number of carbonyl (C=O) groups excluding carboxylic acids is 1. The van der Waals surface area contributed by atoms with Crippen molar-refractivity contribution < 1.29 is 13.9 Å². The third-order valence-electron chi connectivity index (χ3n) is 6.15. The first kappa shape index (κ1) is 26.9. The molecular weight excluding hydrogens is 414 g/mol. The highest BCUT2D eigenvalue weighted by Gasteiger charge is 2.06. The molecule has 0 aliphatic rings. The van der Waals surface area contributed by atoms with Gasteiger partial charge in [0.2, 0.25) is 0 Å². The number of rotatable bonds is 18. The van der Waals surface area contributed by atoms with Gasteiger partial charge < -0.3 is 14.5 Å². The summed E-state index contributed by atoms with van der Waals surface area (Å²) in [5.74, 6) is 0.387. The molecule has 1 heterocycles. The lowest BCUT2D eigenvalue weighted by Gasteiger charge is -2.08. The number of benzene rings is 1. The van der Waals surface area contributed by atoms with Gasteiger partial charge in [-0.1, -0.05) is 90.4 Å². The van der Waals surface area contributed by atoms with Crippen molar-refractivity contribution in [2.45, 2.75) is 104 Å². The summed E-state index contributed by atoms with van der Waals surface area (Å²) in [6, 6.07) is 6.75. The predicted molar refractivity (Wildman–Crippen MR) is 136 cm³/mol. The largest absolute Gasteiger partial charge is 0.484 e. The Morgan fingerprint density at radius 3 is 2.03 bits per heavy atom. The normalized spacial score (nSPS) is 11.1. The van der Waals surface area contributed by atoms with Crippen molar-refractivity contribution in [2.24, 2.45) is 0 Å². The summed E-state index contributed by atoms with van der Waals surface area (Å²) >= 11 is 0. The molecule has 0 spiro atoms. The van der Waals surface area contributed by atoms with E-state index in [4.69, 9.17) is 9.15 Å². The summed E-state index contributed by atoms with van der Waals surface area (Å²) in [6.07, 6.45) is 18.5. The van der Waals surface area contributed by atoms with E-state index in [0.717, 1.165) is 23.8 Å². The summed E-state index contributed by atoms with van der Waals surface area (Å²) < 4.78 is 10.8. The number of fused-ring (bicyclic) bond motifs is 1. The molecule has 0 aliphatic carbocycles. The van der Waals surface area contributed by atoms with Gasteiger partial charge in [-0.3, -0.25) is 4.79 Å². The van der Waals surface area contributed by atoms with Crippen molar-refractivity contribution in [1.29, 1.82) is 0 Å². The van der Waals surface area contributed by atoms with Crippen LogP contribution in [-0.4, -0.2) is 19.1 Å². The maximum atomic E-state index is 12.0. The van der Waals surface area contributed by atoms with Gasteiger partial charge in [0.1, 0.15) is 11.3 Å². The number of carbonyl (C=O) groups is 1. The van der Waals surface area contributed by atoms with E-state index in [-0.39, 0.29) is 18.1 Å². The van der Waals surface area contributed by atoms with Crippen molar-refractivity contribution in [3.05, 3.63) is 40.2 Å². The number of hydrogen-bond acceptors (Lipinski definition) is 4. The fourth-order valence-corrected chi connectivity index (χ4v) is 4.14. The van der Waals surface area contributed by atoms with Crippen LogP contribution in [0.4, 0.5) is 0 Å². The maximum Gasteiger partial charge on any atom is 0.336 e. The fraction of sp³-hybridized carbons (Fsp3) is 0.643. The van der Waals surface area contributed by atoms with Crippen LogP contribution in [0, 0.1) is 6.92 Å². The van der Waals surface area contributed by atoms with Crippen molar-refractivity contribution in [1.82, 2.24) is 5.32 Å². The molecule has 2 aromatic rings. The van der Waals surface area contributed by atoms with E-state index in [2.05, 4.69) is 12.2 Å². The van der Waals surface area contributed by atoms with Gasteiger partial charge in [0.15, 0.2) is 6.61 Å². The van der Waals surface area contributed by atoms with Gasteiger partial charge in [-0.15, -0.1) is 0 Å². The second kappa shape index (κ2) is 16.3. The average Bonchev–Trinajstić information content (AvgIpc) is 2.80. The lowest BCUT2D eigenvalue weighted by molar-refractivity contribution is -0.123. The Labute approximate surface area is 199 Å². The molecular formula is C28H43NO4. The topological polar surface area (TPSA) is 68.5 Å². The quantitative estimate of drug-likeness (QED) is 0.192. The molecule has 5 heteroatoms. The molecule has 0 aliphatic heterocycles. The Bertz CT molecular complexity index is 874. The van der Waals surface area contributed by atoms with Crippen molar-refractivity contribution >= 4 is 16.9 Å². The van der Waals surface area contributed by atoms with E-state index in [1.54, 1.807) is 12.1 Å². The van der Waals surface area contributed by atoms with Gasteiger partial charge in [-0.2, -0.15) is 0 Å². The molecule has 5 nitrogen and oxygen atoms in total. The summed E-state index contributed by atoms with van der Waals surface area (Å²) in [6.45, 7) is 4.78. The van der Waals surface area contributed by atoms with Crippen molar-refractivity contribution in [3.8, 4) is 5.75 Å². The number of ether oxygens (including phenoxy) is 1. The number of hydrogen-bond donors (Lipinski definition) is 1. The van der Waals surface area contributed by atoms with Crippen LogP contribution in [0.15, 0.2) is 33.5 Å². The van der Waals surface area contributed by atoms with Crippen LogP contribution in [0.2, 0.25) is 0 Å². The minimum atomic E-state index is -0.386. The van der Waals surface area contributed by atoms with Crippen LogP contribution in [0.3, 0.4) is 0 Å². The van der Waals surface area contributed by atoms with Crippen molar-refractivity contribution in [3.63, 3.8) is 0 Å². The molecule has 0 fully saturated rings. The summed E-state index contributed by atoms with van der Waals surface area (Å²) in [5, 5.41) is 3.78. The number of unbranched alkanes of at least 4 members (excludes halogenated alkanes) is 13. The summed E-state index contributed by atoms with van der Waals surface area (Å²) in [4.78, 5) is 23.5. The molecule has 0 saturated heterocycles. The first-order chi connectivity index (χ1) is 16.1. The lowest BCUT2D eigenvalue weighted by Crippen LogP contribution is -2.29. The molecule has 1 aromatic heterocycles. The second-order valence-corrected chi connectivity index (χ2v) is 9.14. The molecule has 0 unspecified atom stereocenters. The summed E-state index contributed by atoms with van der Waals surface area (Å²) in [5.41, 5.74) is 0.946. The zero-order valence-corrected chi connectivity index (χ0v) is 20.8. The van der Waals surface area contributed by atoms with Gasteiger partial charge in [0.25, 0.3) is 5.91 Å². The van der Waals surface area contributed by atoms with E-state index >= 15 is 0 Å². The van der Waals surface area contributed by atoms with Crippen molar-refractivity contribution in [2.75, 3.05) is 13.2 Å². The smallest absolute Gasteiger partial charge is 0.336 e. The van der Waals surface area contributed by atoms with Crippen LogP contribution in [-0.2, 0) is 4.79 Å². The third kappa shape index (κ3) is 11.4. The van der Waals surface area contributed by atoms with Gasteiger partial charge in [0, 0.05) is 24.1 Å². The minimum absolute atomic E-state index is 0.0415. The maximum absolute atomic E-state index is 12.0. The van der Waals surface area contributed by atoms with Gasteiger partial charge in [-0.25, -0.2) is 4.79 Å². The van der Waals surface area contributed by atoms with Crippen LogP contribution < -0.4 is 15.7 Å². The Morgan fingerprint density at radius 1 is 0.848 bits per heavy atom. The fourth-order valence-electron chi connectivity index (χ4n) is 4.14. The number of amides is 1. The molecule has 0 radical (unpaired) electrons. The molecule has 1 aromatic carbocycles. The minimum Gasteiger partial charge on any atom is -0.484 e. The molecule has 33 heavy (non-hydrogen) atoms. The summed E-state index contributed by atoms with van der Waals surface area (Å²) in [7, 11) is 0. The average molecular weight is 458 g/mol. The molecule has 1 amide bonds. The highest BCUT2D eigenvalue weighted by atomic mass is 16.5. The zero-order chi connectivity index (χ0) is 23.7. The Morgan fingerprint density at radius 2 is 1.42 bits per heavy atom.